The molecule has 1 aliphatic rings. The van der Waals surface area contributed by atoms with Gasteiger partial charge in [0, 0.05) is 35.8 Å². The van der Waals surface area contributed by atoms with Crippen molar-refractivity contribution < 1.29 is 4.74 Å². The molecule has 5 nitrogen and oxygen atoms in total. The van der Waals surface area contributed by atoms with Gasteiger partial charge < -0.3 is 4.74 Å². The molecule has 2 heterocycles. The Kier molecular flexibility index (Phi) is 5.82. The van der Waals surface area contributed by atoms with E-state index in [9.17, 15) is 0 Å². The van der Waals surface area contributed by atoms with Gasteiger partial charge in [-0.15, -0.1) is 0 Å². The Morgan fingerprint density at radius 3 is 2.11 bits per heavy atom. The van der Waals surface area contributed by atoms with Crippen LogP contribution in [0.4, 0.5) is 0 Å². The minimum atomic E-state index is 0.720. The van der Waals surface area contributed by atoms with E-state index in [1.807, 2.05) is 47.3 Å². The highest BCUT2D eigenvalue weighted by molar-refractivity contribution is 6.30. The Labute approximate surface area is 164 Å². The lowest BCUT2D eigenvalue weighted by atomic mass is 10.1. The van der Waals surface area contributed by atoms with Crippen molar-refractivity contribution in [2.75, 3.05) is 32.8 Å². The quantitative estimate of drug-likeness (QED) is 0.646. The van der Waals surface area contributed by atoms with Crippen molar-refractivity contribution in [2.45, 2.75) is 13.0 Å². The highest BCUT2D eigenvalue weighted by atomic mass is 35.5. The van der Waals surface area contributed by atoms with Crippen LogP contribution in [0.15, 0.2) is 54.6 Å². The third-order valence-corrected chi connectivity index (χ3v) is 5.01. The predicted molar refractivity (Wildman–Crippen MR) is 108 cm³/mol. The summed E-state index contributed by atoms with van der Waals surface area (Å²) in [5.74, 6) is 0. The van der Waals surface area contributed by atoms with Crippen LogP contribution in [0.5, 0.6) is 0 Å². The van der Waals surface area contributed by atoms with Crippen molar-refractivity contribution in [3.63, 3.8) is 0 Å². The molecule has 1 saturated heterocycles. The lowest BCUT2D eigenvalue weighted by molar-refractivity contribution is 0.0367. The normalized spacial score (nSPS) is 15.1. The molecule has 0 spiro atoms. The molecular formula is C21H23ClN4O. The number of nitrogens with zero attached hydrogens (tertiary/aromatic N) is 4. The van der Waals surface area contributed by atoms with E-state index in [1.165, 1.54) is 0 Å². The third-order valence-electron chi connectivity index (χ3n) is 4.76. The van der Waals surface area contributed by atoms with Crippen molar-refractivity contribution in [2.24, 2.45) is 0 Å². The third kappa shape index (κ3) is 4.56. The van der Waals surface area contributed by atoms with Gasteiger partial charge in [-0.2, -0.15) is 15.0 Å². The van der Waals surface area contributed by atoms with E-state index in [-0.39, 0.29) is 0 Å². The zero-order chi connectivity index (χ0) is 18.5. The smallest absolute Gasteiger partial charge is 0.121 e. The zero-order valence-corrected chi connectivity index (χ0v) is 16.0. The van der Waals surface area contributed by atoms with Crippen molar-refractivity contribution in [1.29, 1.82) is 0 Å². The molecule has 1 fully saturated rings. The van der Waals surface area contributed by atoms with E-state index < -0.39 is 0 Å². The highest BCUT2D eigenvalue weighted by Crippen LogP contribution is 2.29. The summed E-state index contributed by atoms with van der Waals surface area (Å²) >= 11 is 6.05. The maximum atomic E-state index is 6.05. The first kappa shape index (κ1) is 18.2. The minimum Gasteiger partial charge on any atom is -0.379 e. The summed E-state index contributed by atoms with van der Waals surface area (Å²) in [6.45, 7) is 5.53. The van der Waals surface area contributed by atoms with Gasteiger partial charge in [0.2, 0.25) is 0 Å². The molecule has 0 aliphatic carbocycles. The van der Waals surface area contributed by atoms with Gasteiger partial charge in [-0.1, -0.05) is 54.1 Å². The molecule has 3 aromatic rings. The molecule has 1 aliphatic heterocycles. The molecule has 0 radical (unpaired) electrons. The van der Waals surface area contributed by atoms with Gasteiger partial charge in [0.1, 0.15) is 11.4 Å². The van der Waals surface area contributed by atoms with Crippen molar-refractivity contribution in [3.8, 4) is 22.5 Å². The lowest BCUT2D eigenvalue weighted by Gasteiger charge is -2.26. The summed E-state index contributed by atoms with van der Waals surface area (Å²) in [5.41, 5.74) is 3.90. The summed E-state index contributed by atoms with van der Waals surface area (Å²) < 4.78 is 5.41. The van der Waals surface area contributed by atoms with E-state index in [4.69, 9.17) is 26.5 Å². The summed E-state index contributed by atoms with van der Waals surface area (Å²) in [4.78, 5) is 4.26. The molecule has 0 saturated carbocycles. The second-order valence-electron chi connectivity index (χ2n) is 6.67. The Morgan fingerprint density at radius 1 is 0.815 bits per heavy atom. The number of rotatable bonds is 6. The first-order valence-corrected chi connectivity index (χ1v) is 9.74. The molecule has 0 bridgehead atoms. The molecule has 4 rings (SSSR count). The minimum absolute atomic E-state index is 0.720. The van der Waals surface area contributed by atoms with Gasteiger partial charge in [-0.3, -0.25) is 4.90 Å². The Bertz CT molecular complexity index is 858. The summed E-state index contributed by atoms with van der Waals surface area (Å²) in [7, 11) is 0. The van der Waals surface area contributed by atoms with E-state index in [0.29, 0.717) is 0 Å². The molecule has 0 unspecified atom stereocenters. The molecule has 0 amide bonds. The van der Waals surface area contributed by atoms with E-state index in [2.05, 4.69) is 17.0 Å². The number of benzene rings is 2. The summed E-state index contributed by atoms with van der Waals surface area (Å²) in [6, 6.07) is 18.0. The Hall–Kier alpha value is -2.21. The Balaban J connectivity index is 1.54. The maximum absolute atomic E-state index is 6.05. The molecular weight excluding hydrogens is 360 g/mol. The topological polar surface area (TPSA) is 43.2 Å². The molecule has 0 atom stereocenters. The van der Waals surface area contributed by atoms with Crippen LogP contribution in [0.25, 0.3) is 22.5 Å². The SMILES string of the molecule is Clc1ccc(-c2nn(CCCN3CCOCC3)nc2-c2ccccc2)cc1. The number of hydrogen-bond acceptors (Lipinski definition) is 4. The van der Waals surface area contributed by atoms with Crippen LogP contribution in [0, 0.1) is 0 Å². The number of morpholine rings is 1. The van der Waals surface area contributed by atoms with Gasteiger partial charge in [-0.05, 0) is 18.6 Å². The number of hydrogen-bond donors (Lipinski definition) is 0. The zero-order valence-electron chi connectivity index (χ0n) is 15.2. The summed E-state index contributed by atoms with van der Waals surface area (Å²) in [5, 5.41) is 10.3. The molecule has 6 heteroatoms. The number of aryl methyl sites for hydroxylation is 1. The summed E-state index contributed by atoms with van der Waals surface area (Å²) in [6.07, 6.45) is 1.02. The number of ether oxygens (including phenoxy) is 1. The molecule has 1 aromatic heterocycles. The van der Waals surface area contributed by atoms with E-state index in [0.717, 1.165) is 73.4 Å². The van der Waals surface area contributed by atoms with Gasteiger partial charge in [0.05, 0.1) is 19.8 Å². The number of aromatic nitrogens is 3. The maximum Gasteiger partial charge on any atom is 0.121 e. The predicted octanol–water partition coefficient (Wildman–Crippen LogP) is 3.99. The first-order chi connectivity index (χ1) is 13.3. The molecule has 27 heavy (non-hydrogen) atoms. The highest BCUT2D eigenvalue weighted by Gasteiger charge is 2.16. The van der Waals surface area contributed by atoms with Crippen LogP contribution in [-0.2, 0) is 11.3 Å². The second kappa shape index (κ2) is 8.65. The van der Waals surface area contributed by atoms with Crippen LogP contribution in [0.2, 0.25) is 5.02 Å². The fourth-order valence-electron chi connectivity index (χ4n) is 3.30. The van der Waals surface area contributed by atoms with E-state index in [1.54, 1.807) is 0 Å². The first-order valence-electron chi connectivity index (χ1n) is 9.36. The average molecular weight is 383 g/mol. The van der Waals surface area contributed by atoms with Crippen LogP contribution in [0.3, 0.4) is 0 Å². The van der Waals surface area contributed by atoms with Crippen LogP contribution < -0.4 is 0 Å². The standard InChI is InChI=1S/C21H23ClN4O/c22-19-9-7-18(8-10-19)21-20(17-5-2-1-3-6-17)23-26(24-21)12-4-11-25-13-15-27-16-14-25/h1-3,5-10H,4,11-16H2. The largest absolute Gasteiger partial charge is 0.379 e. The van der Waals surface area contributed by atoms with E-state index >= 15 is 0 Å². The van der Waals surface area contributed by atoms with Crippen LogP contribution >= 0.6 is 11.6 Å². The second-order valence-corrected chi connectivity index (χ2v) is 7.11. The fourth-order valence-corrected chi connectivity index (χ4v) is 3.43. The van der Waals surface area contributed by atoms with Crippen molar-refractivity contribution in [1.82, 2.24) is 19.9 Å². The molecule has 2 aromatic carbocycles. The molecule has 0 N–H and O–H groups in total. The number of halogens is 1. The van der Waals surface area contributed by atoms with Gasteiger partial charge in [0.15, 0.2) is 0 Å². The average Bonchev–Trinajstić information content (AvgIpc) is 3.14. The molecule has 140 valence electrons. The van der Waals surface area contributed by atoms with Crippen LogP contribution in [-0.4, -0.2) is 52.7 Å². The Morgan fingerprint density at radius 2 is 1.44 bits per heavy atom. The van der Waals surface area contributed by atoms with Crippen molar-refractivity contribution in [3.05, 3.63) is 59.6 Å². The van der Waals surface area contributed by atoms with Gasteiger partial charge >= 0.3 is 0 Å². The van der Waals surface area contributed by atoms with Gasteiger partial charge in [0.25, 0.3) is 0 Å². The fraction of sp³-hybridized carbons (Fsp3) is 0.333. The monoisotopic (exact) mass is 382 g/mol. The van der Waals surface area contributed by atoms with Crippen molar-refractivity contribution >= 4 is 11.6 Å². The lowest BCUT2D eigenvalue weighted by Crippen LogP contribution is -2.37. The van der Waals surface area contributed by atoms with Crippen LogP contribution in [0.1, 0.15) is 6.42 Å². The van der Waals surface area contributed by atoms with Gasteiger partial charge in [-0.25, -0.2) is 0 Å².